The van der Waals surface area contributed by atoms with Crippen LogP contribution < -0.4 is 0 Å². The van der Waals surface area contributed by atoms with Crippen molar-refractivity contribution in [2.24, 2.45) is 5.92 Å². The SMILES string of the molecule is CCCCCCOC(C(=O)O)[N+]1(C)CCC(OC(=O)C(O)(c2ccccc2)C2CCCC2)C1. The summed E-state index contributed by atoms with van der Waals surface area (Å²) in [6.07, 6.45) is 6.72. The number of benzene rings is 1. The molecule has 0 aromatic heterocycles. The van der Waals surface area contributed by atoms with Gasteiger partial charge in [0.1, 0.15) is 6.54 Å². The third kappa shape index (κ3) is 5.94. The van der Waals surface area contributed by atoms with E-state index in [0.717, 1.165) is 51.4 Å². The molecule has 3 rings (SSSR count). The van der Waals surface area contributed by atoms with E-state index in [1.54, 1.807) is 12.1 Å². The molecule has 0 spiro atoms. The Morgan fingerprint density at radius 3 is 2.45 bits per heavy atom. The Bertz CT molecular complexity index is 780. The second-order valence-electron chi connectivity index (χ2n) is 9.94. The van der Waals surface area contributed by atoms with Crippen LogP contribution in [-0.4, -0.2) is 65.7 Å². The number of likely N-dealkylation sites (tertiary alicyclic amines) is 1. The molecule has 1 heterocycles. The molecule has 7 heteroatoms. The fourth-order valence-electron chi connectivity index (χ4n) is 5.43. The van der Waals surface area contributed by atoms with Crippen molar-refractivity contribution in [1.29, 1.82) is 0 Å². The van der Waals surface area contributed by atoms with Crippen molar-refractivity contribution >= 4 is 11.9 Å². The summed E-state index contributed by atoms with van der Waals surface area (Å²) in [7, 11) is 1.85. The van der Waals surface area contributed by atoms with E-state index in [0.29, 0.717) is 31.7 Å². The maximum atomic E-state index is 13.4. The average Bonchev–Trinajstić information content (AvgIpc) is 3.47. The number of carbonyl (C=O) groups excluding carboxylic acids is 1. The molecule has 1 aliphatic heterocycles. The number of likely N-dealkylation sites (N-methyl/N-ethyl adjacent to an activating group) is 1. The van der Waals surface area contributed by atoms with Crippen molar-refractivity contribution < 1.29 is 33.8 Å². The first-order valence-corrected chi connectivity index (χ1v) is 12.5. The van der Waals surface area contributed by atoms with E-state index >= 15 is 0 Å². The molecule has 184 valence electrons. The molecule has 2 fully saturated rings. The van der Waals surface area contributed by atoms with Gasteiger partial charge in [0.25, 0.3) is 6.23 Å². The van der Waals surface area contributed by atoms with Crippen LogP contribution >= 0.6 is 0 Å². The highest BCUT2D eigenvalue weighted by molar-refractivity contribution is 5.81. The number of nitrogens with zero attached hydrogens (tertiary/aromatic N) is 1. The number of carboxylic acid groups (broad SMARTS) is 1. The zero-order valence-electron chi connectivity index (χ0n) is 20.1. The highest BCUT2D eigenvalue weighted by atomic mass is 16.6. The van der Waals surface area contributed by atoms with Crippen LogP contribution in [0.3, 0.4) is 0 Å². The lowest BCUT2D eigenvalue weighted by molar-refractivity contribution is -0.936. The number of carbonyl (C=O) groups is 2. The summed E-state index contributed by atoms with van der Waals surface area (Å²) in [4.78, 5) is 25.3. The maximum Gasteiger partial charge on any atom is 0.392 e. The van der Waals surface area contributed by atoms with E-state index in [2.05, 4.69) is 6.92 Å². The van der Waals surface area contributed by atoms with E-state index in [1.807, 2.05) is 25.2 Å². The number of esters is 1. The van der Waals surface area contributed by atoms with Crippen molar-refractivity contribution in [3.63, 3.8) is 0 Å². The Morgan fingerprint density at radius 1 is 1.12 bits per heavy atom. The minimum Gasteiger partial charge on any atom is -0.475 e. The molecule has 2 N–H and O–H groups in total. The molecule has 1 saturated heterocycles. The minimum atomic E-state index is -1.67. The summed E-state index contributed by atoms with van der Waals surface area (Å²) in [5.74, 6) is -1.79. The Kier molecular flexibility index (Phi) is 8.90. The van der Waals surface area contributed by atoms with Crippen molar-refractivity contribution in [3.05, 3.63) is 35.9 Å². The summed E-state index contributed by atoms with van der Waals surface area (Å²) in [5, 5.41) is 21.4. The van der Waals surface area contributed by atoms with Gasteiger partial charge in [0.2, 0.25) is 0 Å². The summed E-state index contributed by atoms with van der Waals surface area (Å²) >= 11 is 0. The fourth-order valence-corrected chi connectivity index (χ4v) is 5.43. The Morgan fingerprint density at radius 2 is 1.82 bits per heavy atom. The highest BCUT2D eigenvalue weighted by Gasteiger charge is 2.51. The van der Waals surface area contributed by atoms with Crippen LogP contribution in [0.2, 0.25) is 0 Å². The van der Waals surface area contributed by atoms with Crippen LogP contribution in [0.15, 0.2) is 30.3 Å². The number of aliphatic hydroxyl groups is 1. The molecule has 4 atom stereocenters. The number of ether oxygens (including phenoxy) is 2. The van der Waals surface area contributed by atoms with Crippen molar-refractivity contribution in [3.8, 4) is 0 Å². The molecular formula is C26H40NO6+. The summed E-state index contributed by atoms with van der Waals surface area (Å²) in [6.45, 7) is 3.43. The van der Waals surface area contributed by atoms with Crippen LogP contribution in [0.4, 0.5) is 0 Å². The number of unbranched alkanes of at least 4 members (excludes halogenated alkanes) is 3. The Hall–Kier alpha value is -1.96. The van der Waals surface area contributed by atoms with E-state index in [4.69, 9.17) is 9.47 Å². The molecule has 0 radical (unpaired) electrons. The Balaban J connectivity index is 1.66. The van der Waals surface area contributed by atoms with E-state index in [9.17, 15) is 19.8 Å². The van der Waals surface area contributed by atoms with Gasteiger partial charge in [-0.3, -0.25) is 4.48 Å². The predicted molar refractivity (Wildman–Crippen MR) is 124 cm³/mol. The quantitative estimate of drug-likeness (QED) is 0.279. The van der Waals surface area contributed by atoms with E-state index < -0.39 is 29.9 Å². The molecule has 1 aromatic rings. The molecule has 2 aliphatic rings. The lowest BCUT2D eigenvalue weighted by Crippen LogP contribution is -2.56. The molecule has 1 aliphatic carbocycles. The number of carboxylic acids is 1. The molecule has 33 heavy (non-hydrogen) atoms. The fraction of sp³-hybridized carbons (Fsp3) is 0.692. The first-order chi connectivity index (χ1) is 15.8. The number of hydrogen-bond acceptors (Lipinski definition) is 5. The zero-order chi connectivity index (χ0) is 23.9. The van der Waals surface area contributed by atoms with Gasteiger partial charge in [-0.1, -0.05) is 69.4 Å². The van der Waals surface area contributed by atoms with Crippen LogP contribution in [-0.2, 0) is 24.7 Å². The molecule has 0 bridgehead atoms. The van der Waals surface area contributed by atoms with E-state index in [-0.39, 0.29) is 10.4 Å². The van der Waals surface area contributed by atoms with Crippen LogP contribution in [0.5, 0.6) is 0 Å². The summed E-state index contributed by atoms with van der Waals surface area (Å²) in [5.41, 5.74) is -1.11. The minimum absolute atomic E-state index is 0.161. The molecule has 1 aromatic carbocycles. The van der Waals surface area contributed by atoms with Gasteiger partial charge in [-0.25, -0.2) is 9.59 Å². The Labute approximate surface area is 197 Å². The monoisotopic (exact) mass is 462 g/mol. The molecule has 0 amide bonds. The second-order valence-corrected chi connectivity index (χ2v) is 9.94. The second kappa shape index (κ2) is 11.4. The number of hydrogen-bond donors (Lipinski definition) is 2. The van der Waals surface area contributed by atoms with E-state index in [1.165, 1.54) is 0 Å². The van der Waals surface area contributed by atoms with Crippen LogP contribution in [0.25, 0.3) is 0 Å². The summed E-state index contributed by atoms with van der Waals surface area (Å²) < 4.78 is 11.8. The molecular weight excluding hydrogens is 422 g/mol. The topological polar surface area (TPSA) is 93.1 Å². The standard InChI is InChI=1S/C26H39NO6/c1-3-4-5-11-18-32-23(24(28)29)27(2)17-16-22(19-27)33-25(30)26(31,21-14-9-10-15-21)20-12-7-6-8-13-20/h6-8,12-13,21-23,31H,3-5,9-11,14-19H2,1-2H3/p+1. The van der Waals surface area contributed by atoms with Gasteiger partial charge in [0.15, 0.2) is 11.7 Å². The smallest absolute Gasteiger partial charge is 0.392 e. The number of aliphatic carboxylic acids is 1. The van der Waals surface area contributed by atoms with Crippen molar-refractivity contribution in [2.75, 3.05) is 26.7 Å². The maximum absolute atomic E-state index is 13.4. The lowest BCUT2D eigenvalue weighted by Gasteiger charge is -2.35. The predicted octanol–water partition coefficient (Wildman–Crippen LogP) is 3.83. The van der Waals surface area contributed by atoms with Gasteiger partial charge in [0.05, 0.1) is 20.2 Å². The molecule has 4 unspecified atom stereocenters. The molecule has 7 nitrogen and oxygen atoms in total. The van der Waals surface area contributed by atoms with Crippen LogP contribution in [0.1, 0.15) is 70.3 Å². The summed E-state index contributed by atoms with van der Waals surface area (Å²) in [6, 6.07) is 9.06. The zero-order valence-corrected chi connectivity index (χ0v) is 20.1. The van der Waals surface area contributed by atoms with Gasteiger partial charge in [-0.2, -0.15) is 0 Å². The molecule has 1 saturated carbocycles. The third-order valence-electron chi connectivity index (χ3n) is 7.38. The normalized spacial score (nSPS) is 26.1. The van der Waals surface area contributed by atoms with Gasteiger partial charge in [0, 0.05) is 12.3 Å². The van der Waals surface area contributed by atoms with Gasteiger partial charge >= 0.3 is 11.9 Å². The third-order valence-corrected chi connectivity index (χ3v) is 7.38. The first-order valence-electron chi connectivity index (χ1n) is 12.5. The number of quaternary nitrogens is 1. The first kappa shape index (κ1) is 25.7. The lowest BCUT2D eigenvalue weighted by atomic mass is 9.80. The van der Waals surface area contributed by atoms with Crippen molar-refractivity contribution in [2.45, 2.75) is 82.6 Å². The number of rotatable bonds is 12. The van der Waals surface area contributed by atoms with Crippen LogP contribution in [0, 0.1) is 5.92 Å². The van der Waals surface area contributed by atoms with Gasteiger partial charge < -0.3 is 19.7 Å². The van der Waals surface area contributed by atoms with Gasteiger partial charge in [-0.05, 0) is 24.8 Å². The van der Waals surface area contributed by atoms with Gasteiger partial charge in [-0.15, -0.1) is 0 Å². The van der Waals surface area contributed by atoms with Crippen molar-refractivity contribution in [1.82, 2.24) is 0 Å². The highest BCUT2D eigenvalue weighted by Crippen LogP contribution is 2.42. The largest absolute Gasteiger partial charge is 0.475 e. The average molecular weight is 463 g/mol.